The van der Waals surface area contributed by atoms with Gasteiger partial charge in [-0.1, -0.05) is 24.4 Å². The Balaban J connectivity index is 2.43. The standard InChI is InChI=1S/C13H10FIN2O2S2/c14-10-6-5-8(7-9(10)13(16)20)21(18,19)17-12-4-2-1-3-11(12)15/h1-7,17H,(H2,16,20). The van der Waals surface area contributed by atoms with Crippen molar-refractivity contribution in [1.82, 2.24) is 0 Å². The predicted octanol–water partition coefficient (Wildman–Crippen LogP) is 2.87. The van der Waals surface area contributed by atoms with E-state index in [0.717, 1.165) is 21.8 Å². The van der Waals surface area contributed by atoms with E-state index in [-0.39, 0.29) is 15.4 Å². The van der Waals surface area contributed by atoms with E-state index in [2.05, 4.69) is 4.72 Å². The lowest BCUT2D eigenvalue weighted by molar-refractivity contribution is 0.599. The highest BCUT2D eigenvalue weighted by Gasteiger charge is 2.18. The highest BCUT2D eigenvalue weighted by atomic mass is 127. The molecule has 4 nitrogen and oxygen atoms in total. The summed E-state index contributed by atoms with van der Waals surface area (Å²) in [4.78, 5) is -0.301. The Hall–Kier alpha value is -1.26. The maximum absolute atomic E-state index is 13.5. The Labute approximate surface area is 140 Å². The molecule has 3 N–H and O–H groups in total. The van der Waals surface area contributed by atoms with E-state index >= 15 is 0 Å². The lowest BCUT2D eigenvalue weighted by atomic mass is 10.2. The quantitative estimate of drug-likeness (QED) is 0.571. The van der Waals surface area contributed by atoms with Crippen molar-refractivity contribution in [2.75, 3.05) is 4.72 Å². The van der Waals surface area contributed by atoms with E-state index in [0.29, 0.717) is 5.69 Å². The molecule has 0 spiro atoms. The van der Waals surface area contributed by atoms with Gasteiger partial charge in [-0.2, -0.15) is 0 Å². The molecular formula is C13H10FIN2O2S2. The van der Waals surface area contributed by atoms with Gasteiger partial charge in [-0.05, 0) is 52.9 Å². The summed E-state index contributed by atoms with van der Waals surface area (Å²) in [6.45, 7) is 0. The van der Waals surface area contributed by atoms with E-state index in [1.165, 1.54) is 0 Å². The van der Waals surface area contributed by atoms with Crippen LogP contribution in [0, 0.1) is 9.39 Å². The summed E-state index contributed by atoms with van der Waals surface area (Å²) in [5.74, 6) is -0.657. The molecule has 0 heterocycles. The summed E-state index contributed by atoms with van der Waals surface area (Å²) in [6.07, 6.45) is 0. The van der Waals surface area contributed by atoms with Crippen molar-refractivity contribution in [2.45, 2.75) is 4.90 Å². The molecule has 8 heteroatoms. The summed E-state index contributed by atoms with van der Waals surface area (Å²) >= 11 is 6.72. The van der Waals surface area contributed by atoms with Gasteiger partial charge in [0.1, 0.15) is 10.8 Å². The number of nitrogens with two attached hydrogens (primary N) is 1. The van der Waals surface area contributed by atoms with Gasteiger partial charge in [0.2, 0.25) is 0 Å². The van der Waals surface area contributed by atoms with Gasteiger partial charge in [-0.3, -0.25) is 4.72 Å². The maximum atomic E-state index is 13.5. The molecule has 2 rings (SSSR count). The summed E-state index contributed by atoms with van der Waals surface area (Å²) in [7, 11) is -3.85. The fraction of sp³-hybridized carbons (Fsp3) is 0. The lowest BCUT2D eigenvalue weighted by Gasteiger charge is -2.11. The van der Waals surface area contributed by atoms with Crippen molar-refractivity contribution in [3.05, 3.63) is 57.4 Å². The number of hydrogen-bond donors (Lipinski definition) is 2. The zero-order chi connectivity index (χ0) is 15.6. The first-order valence-electron chi connectivity index (χ1n) is 5.68. The van der Waals surface area contributed by atoms with Gasteiger partial charge >= 0.3 is 0 Å². The Bertz CT molecular complexity index is 810. The number of para-hydroxylation sites is 1. The smallest absolute Gasteiger partial charge is 0.261 e. The molecule has 21 heavy (non-hydrogen) atoms. The number of halogens is 2. The second kappa shape index (κ2) is 6.24. The molecule has 0 aromatic heterocycles. The average Bonchev–Trinajstić information content (AvgIpc) is 2.41. The molecule has 0 radical (unpaired) electrons. The summed E-state index contributed by atoms with van der Waals surface area (Å²) in [5, 5.41) is 0. The highest BCUT2D eigenvalue weighted by molar-refractivity contribution is 14.1. The molecule has 0 amide bonds. The normalized spacial score (nSPS) is 11.1. The van der Waals surface area contributed by atoms with Crippen molar-refractivity contribution in [2.24, 2.45) is 5.73 Å². The summed E-state index contributed by atoms with van der Waals surface area (Å²) in [5.41, 5.74) is 5.72. The minimum Gasteiger partial charge on any atom is -0.389 e. The summed E-state index contributed by atoms with van der Waals surface area (Å²) < 4.78 is 41.3. The van der Waals surface area contributed by atoms with Crippen LogP contribution in [0.2, 0.25) is 0 Å². The number of sulfonamides is 1. The second-order valence-corrected chi connectivity index (χ2v) is 7.38. The van der Waals surface area contributed by atoms with E-state index < -0.39 is 15.8 Å². The van der Waals surface area contributed by atoms with Crippen molar-refractivity contribution in [3.63, 3.8) is 0 Å². The number of nitrogens with one attached hydrogen (secondary N) is 1. The molecule has 0 atom stereocenters. The van der Waals surface area contributed by atoms with E-state index in [9.17, 15) is 12.8 Å². The van der Waals surface area contributed by atoms with Crippen LogP contribution in [0.3, 0.4) is 0 Å². The molecule has 0 fully saturated rings. The Morgan fingerprint density at radius 2 is 1.90 bits per heavy atom. The topological polar surface area (TPSA) is 72.2 Å². The van der Waals surface area contributed by atoms with Gasteiger partial charge in [0.05, 0.1) is 10.6 Å². The number of benzene rings is 2. The van der Waals surface area contributed by atoms with Crippen molar-refractivity contribution in [3.8, 4) is 0 Å². The summed E-state index contributed by atoms with van der Waals surface area (Å²) in [6, 6.07) is 10.2. The predicted molar refractivity (Wildman–Crippen MR) is 92.3 cm³/mol. The fourth-order valence-corrected chi connectivity index (χ4v) is 3.58. The fourth-order valence-electron chi connectivity index (χ4n) is 1.61. The number of rotatable bonds is 4. The lowest BCUT2D eigenvalue weighted by Crippen LogP contribution is -2.17. The first kappa shape index (κ1) is 16.1. The van der Waals surface area contributed by atoms with Crippen LogP contribution in [0.4, 0.5) is 10.1 Å². The van der Waals surface area contributed by atoms with E-state index in [1.807, 2.05) is 22.6 Å². The maximum Gasteiger partial charge on any atom is 0.261 e. The largest absolute Gasteiger partial charge is 0.389 e. The van der Waals surface area contributed by atoms with Gasteiger partial charge in [-0.15, -0.1) is 0 Å². The van der Waals surface area contributed by atoms with Crippen LogP contribution in [0.25, 0.3) is 0 Å². The zero-order valence-electron chi connectivity index (χ0n) is 10.5. The second-order valence-electron chi connectivity index (χ2n) is 4.09. The van der Waals surface area contributed by atoms with Crippen molar-refractivity contribution in [1.29, 1.82) is 0 Å². The van der Waals surface area contributed by atoms with Crippen LogP contribution in [0.15, 0.2) is 47.4 Å². The van der Waals surface area contributed by atoms with Gasteiger partial charge in [0, 0.05) is 9.13 Å². The molecule has 2 aromatic rings. The Morgan fingerprint density at radius 1 is 1.24 bits per heavy atom. The molecule has 2 aromatic carbocycles. The van der Waals surface area contributed by atoms with E-state index in [1.54, 1.807) is 24.3 Å². The van der Waals surface area contributed by atoms with Gasteiger partial charge in [0.15, 0.2) is 0 Å². The molecular weight excluding hydrogens is 426 g/mol. The SMILES string of the molecule is NC(=S)c1cc(S(=O)(=O)Nc2ccccc2I)ccc1F. The minimum absolute atomic E-state index is 0.101. The van der Waals surface area contributed by atoms with Crippen molar-refractivity contribution < 1.29 is 12.8 Å². The first-order chi connectivity index (χ1) is 9.81. The Kier molecular flexibility index (Phi) is 4.79. The zero-order valence-corrected chi connectivity index (χ0v) is 14.3. The molecule has 110 valence electrons. The number of hydrogen-bond acceptors (Lipinski definition) is 3. The van der Waals surface area contributed by atoms with Crippen LogP contribution in [0.5, 0.6) is 0 Å². The molecule has 0 bridgehead atoms. The minimum atomic E-state index is -3.85. The third-order valence-corrected chi connectivity index (χ3v) is 5.16. The average molecular weight is 436 g/mol. The molecule has 0 unspecified atom stereocenters. The van der Waals surface area contributed by atoms with Gasteiger partial charge < -0.3 is 5.73 Å². The monoisotopic (exact) mass is 436 g/mol. The molecule has 0 aliphatic carbocycles. The van der Waals surface area contributed by atoms with Gasteiger partial charge in [-0.25, -0.2) is 12.8 Å². The molecule has 0 saturated carbocycles. The van der Waals surface area contributed by atoms with Crippen LogP contribution >= 0.6 is 34.8 Å². The number of thiocarbonyl (C=S) groups is 1. The van der Waals surface area contributed by atoms with Crippen molar-refractivity contribution >= 4 is 55.5 Å². The molecule has 0 aliphatic heterocycles. The van der Waals surface area contributed by atoms with Crippen LogP contribution in [0.1, 0.15) is 5.56 Å². The Morgan fingerprint density at radius 3 is 2.52 bits per heavy atom. The highest BCUT2D eigenvalue weighted by Crippen LogP contribution is 2.22. The first-order valence-corrected chi connectivity index (χ1v) is 8.65. The van der Waals surface area contributed by atoms with Crippen LogP contribution < -0.4 is 10.5 Å². The van der Waals surface area contributed by atoms with Crippen LogP contribution in [-0.2, 0) is 10.0 Å². The number of anilines is 1. The van der Waals surface area contributed by atoms with Gasteiger partial charge in [0.25, 0.3) is 10.0 Å². The van der Waals surface area contributed by atoms with E-state index in [4.69, 9.17) is 18.0 Å². The molecule has 0 aliphatic rings. The molecule has 0 saturated heterocycles. The third-order valence-electron chi connectivity index (χ3n) is 2.63. The van der Waals surface area contributed by atoms with Crippen LogP contribution in [-0.4, -0.2) is 13.4 Å². The third kappa shape index (κ3) is 3.69.